The second-order valence-electron chi connectivity index (χ2n) is 4.74. The van der Waals surface area contributed by atoms with Gasteiger partial charge in [0.1, 0.15) is 12.1 Å². The first kappa shape index (κ1) is 11.3. The Balaban J connectivity index is 1.78. The molecule has 0 spiro atoms. The standard InChI is InChI=1S/C14H17N3O/c1-2-5-12(6-3-1)17-11-15-16-14(17)9-8-13-7-4-10-18-13/h4,7-12H,1-3,5-6H2/b9-8+. The number of furan rings is 1. The minimum atomic E-state index is 0.560. The van der Waals surface area contributed by atoms with Crippen LogP contribution in [0.5, 0.6) is 0 Å². The van der Waals surface area contributed by atoms with Crippen molar-refractivity contribution in [3.05, 3.63) is 36.3 Å². The predicted molar refractivity (Wildman–Crippen MR) is 69.8 cm³/mol. The van der Waals surface area contributed by atoms with Gasteiger partial charge in [-0.2, -0.15) is 0 Å². The van der Waals surface area contributed by atoms with Gasteiger partial charge in [0.2, 0.25) is 0 Å². The zero-order chi connectivity index (χ0) is 12.2. The van der Waals surface area contributed by atoms with Gasteiger partial charge < -0.3 is 8.98 Å². The van der Waals surface area contributed by atoms with Crippen LogP contribution >= 0.6 is 0 Å². The van der Waals surface area contributed by atoms with Crippen LogP contribution in [0.4, 0.5) is 0 Å². The van der Waals surface area contributed by atoms with Crippen LogP contribution in [-0.4, -0.2) is 14.8 Å². The molecule has 1 fully saturated rings. The van der Waals surface area contributed by atoms with Crippen molar-refractivity contribution in [3.63, 3.8) is 0 Å². The fourth-order valence-corrected chi connectivity index (χ4v) is 2.55. The molecule has 4 nitrogen and oxygen atoms in total. The summed E-state index contributed by atoms with van der Waals surface area (Å²) in [5, 5.41) is 8.20. The van der Waals surface area contributed by atoms with Gasteiger partial charge in [0.25, 0.3) is 0 Å². The van der Waals surface area contributed by atoms with Crippen molar-refractivity contribution in [2.75, 3.05) is 0 Å². The van der Waals surface area contributed by atoms with Gasteiger partial charge in [-0.1, -0.05) is 19.3 Å². The van der Waals surface area contributed by atoms with Crippen molar-refractivity contribution in [2.45, 2.75) is 38.1 Å². The van der Waals surface area contributed by atoms with Gasteiger partial charge in [0, 0.05) is 6.04 Å². The summed E-state index contributed by atoms with van der Waals surface area (Å²) in [6.45, 7) is 0. The van der Waals surface area contributed by atoms with Gasteiger partial charge in [-0.3, -0.25) is 0 Å². The molecule has 1 saturated carbocycles. The van der Waals surface area contributed by atoms with E-state index in [1.807, 2.05) is 30.6 Å². The quantitative estimate of drug-likeness (QED) is 0.828. The maximum atomic E-state index is 5.27. The van der Waals surface area contributed by atoms with Crippen molar-refractivity contribution in [3.8, 4) is 0 Å². The van der Waals surface area contributed by atoms with Crippen LogP contribution in [0.3, 0.4) is 0 Å². The van der Waals surface area contributed by atoms with Gasteiger partial charge in [-0.05, 0) is 37.1 Å². The molecule has 4 heteroatoms. The summed E-state index contributed by atoms with van der Waals surface area (Å²) in [6.07, 6.45) is 13.9. The van der Waals surface area contributed by atoms with Crippen LogP contribution in [0.15, 0.2) is 29.1 Å². The van der Waals surface area contributed by atoms with Gasteiger partial charge in [-0.15, -0.1) is 10.2 Å². The molecule has 1 aliphatic rings. The largest absolute Gasteiger partial charge is 0.465 e. The van der Waals surface area contributed by atoms with E-state index in [1.54, 1.807) is 6.26 Å². The molecule has 0 radical (unpaired) electrons. The molecule has 0 N–H and O–H groups in total. The highest BCUT2D eigenvalue weighted by Crippen LogP contribution is 2.28. The Kier molecular flexibility index (Phi) is 3.26. The maximum Gasteiger partial charge on any atom is 0.156 e. The number of nitrogens with zero attached hydrogens (tertiary/aromatic N) is 3. The number of rotatable bonds is 3. The lowest BCUT2D eigenvalue weighted by atomic mass is 9.95. The molecule has 2 aromatic rings. The molecule has 18 heavy (non-hydrogen) atoms. The molecule has 0 unspecified atom stereocenters. The molecular weight excluding hydrogens is 226 g/mol. The third kappa shape index (κ3) is 2.37. The minimum absolute atomic E-state index is 0.560. The molecule has 2 heterocycles. The highest BCUT2D eigenvalue weighted by molar-refractivity contribution is 5.63. The summed E-state index contributed by atoms with van der Waals surface area (Å²) in [7, 11) is 0. The first-order valence-electron chi connectivity index (χ1n) is 6.54. The normalized spacial score (nSPS) is 17.6. The molecule has 0 atom stereocenters. The second-order valence-corrected chi connectivity index (χ2v) is 4.74. The fourth-order valence-electron chi connectivity index (χ4n) is 2.55. The van der Waals surface area contributed by atoms with E-state index >= 15 is 0 Å². The third-order valence-corrected chi connectivity index (χ3v) is 3.51. The molecule has 0 saturated heterocycles. The van der Waals surface area contributed by atoms with Gasteiger partial charge in [0.15, 0.2) is 5.82 Å². The molecule has 0 amide bonds. The third-order valence-electron chi connectivity index (χ3n) is 3.51. The summed E-state index contributed by atoms with van der Waals surface area (Å²) >= 11 is 0. The highest BCUT2D eigenvalue weighted by atomic mass is 16.3. The minimum Gasteiger partial charge on any atom is -0.465 e. The Bertz CT molecular complexity index is 507. The van der Waals surface area contributed by atoms with E-state index in [1.165, 1.54) is 32.1 Å². The number of hydrogen-bond donors (Lipinski definition) is 0. The monoisotopic (exact) mass is 243 g/mol. The summed E-state index contributed by atoms with van der Waals surface area (Å²) in [5.74, 6) is 1.76. The second kappa shape index (κ2) is 5.21. The molecule has 94 valence electrons. The van der Waals surface area contributed by atoms with Crippen LogP contribution < -0.4 is 0 Å². The average molecular weight is 243 g/mol. The Hall–Kier alpha value is -1.84. The van der Waals surface area contributed by atoms with E-state index < -0.39 is 0 Å². The van der Waals surface area contributed by atoms with Crippen LogP contribution in [-0.2, 0) is 0 Å². The van der Waals surface area contributed by atoms with Crippen molar-refractivity contribution < 1.29 is 4.42 Å². The summed E-state index contributed by atoms with van der Waals surface area (Å²) in [4.78, 5) is 0. The maximum absolute atomic E-state index is 5.27. The van der Waals surface area contributed by atoms with Crippen molar-refractivity contribution in [1.29, 1.82) is 0 Å². The first-order valence-corrected chi connectivity index (χ1v) is 6.54. The smallest absolute Gasteiger partial charge is 0.156 e. The Labute approximate surface area is 106 Å². The van der Waals surface area contributed by atoms with Crippen LogP contribution in [0.1, 0.15) is 49.7 Å². The molecule has 2 aromatic heterocycles. The molecule has 0 aliphatic heterocycles. The van der Waals surface area contributed by atoms with Gasteiger partial charge in [-0.25, -0.2) is 0 Å². The summed E-state index contributed by atoms with van der Waals surface area (Å²) in [6, 6.07) is 4.37. The van der Waals surface area contributed by atoms with Crippen molar-refractivity contribution >= 4 is 12.2 Å². The Morgan fingerprint density at radius 3 is 2.89 bits per heavy atom. The van der Waals surface area contributed by atoms with E-state index in [0.29, 0.717) is 6.04 Å². The lowest BCUT2D eigenvalue weighted by Crippen LogP contribution is -2.13. The molecule has 3 rings (SSSR count). The van der Waals surface area contributed by atoms with E-state index in [2.05, 4.69) is 14.8 Å². The average Bonchev–Trinajstić information content (AvgIpc) is 3.09. The fraction of sp³-hybridized carbons (Fsp3) is 0.429. The van der Waals surface area contributed by atoms with E-state index in [0.717, 1.165) is 11.6 Å². The van der Waals surface area contributed by atoms with Crippen molar-refractivity contribution in [1.82, 2.24) is 14.8 Å². The van der Waals surface area contributed by atoms with E-state index in [-0.39, 0.29) is 0 Å². The number of aromatic nitrogens is 3. The van der Waals surface area contributed by atoms with Crippen LogP contribution in [0, 0.1) is 0 Å². The molecule has 0 aromatic carbocycles. The molecule has 0 bridgehead atoms. The lowest BCUT2D eigenvalue weighted by Gasteiger charge is -2.23. The molecule has 1 aliphatic carbocycles. The predicted octanol–water partition coefficient (Wildman–Crippen LogP) is 3.55. The van der Waals surface area contributed by atoms with Crippen LogP contribution in [0.25, 0.3) is 12.2 Å². The highest BCUT2D eigenvalue weighted by Gasteiger charge is 2.17. The molecular formula is C14H17N3O. The summed E-state index contributed by atoms with van der Waals surface area (Å²) < 4.78 is 7.47. The van der Waals surface area contributed by atoms with Gasteiger partial charge in [0.05, 0.1) is 6.26 Å². The Morgan fingerprint density at radius 1 is 1.22 bits per heavy atom. The first-order chi connectivity index (χ1) is 8.93. The van der Waals surface area contributed by atoms with Crippen molar-refractivity contribution in [2.24, 2.45) is 0 Å². The lowest BCUT2D eigenvalue weighted by molar-refractivity contribution is 0.351. The topological polar surface area (TPSA) is 43.9 Å². The van der Waals surface area contributed by atoms with E-state index in [9.17, 15) is 0 Å². The van der Waals surface area contributed by atoms with Gasteiger partial charge >= 0.3 is 0 Å². The Morgan fingerprint density at radius 2 is 2.11 bits per heavy atom. The number of hydrogen-bond acceptors (Lipinski definition) is 3. The van der Waals surface area contributed by atoms with E-state index in [4.69, 9.17) is 4.42 Å². The van der Waals surface area contributed by atoms with Crippen LogP contribution in [0.2, 0.25) is 0 Å². The summed E-state index contributed by atoms with van der Waals surface area (Å²) in [5.41, 5.74) is 0. The SMILES string of the molecule is C(=C\c1nncn1C1CCCCC1)/c1ccco1. The zero-order valence-corrected chi connectivity index (χ0v) is 10.3. The zero-order valence-electron chi connectivity index (χ0n) is 10.3.